The summed E-state index contributed by atoms with van der Waals surface area (Å²) in [5.41, 5.74) is -0.808. The third-order valence-corrected chi connectivity index (χ3v) is 4.15. The Morgan fingerprint density at radius 1 is 1.46 bits per heavy atom. The highest BCUT2D eigenvalue weighted by atomic mass is 16.5. The van der Waals surface area contributed by atoms with Gasteiger partial charge < -0.3 is 19.8 Å². The quantitative estimate of drug-likeness (QED) is 0.733. The lowest BCUT2D eigenvalue weighted by Gasteiger charge is -2.32. The van der Waals surface area contributed by atoms with Crippen LogP contribution in [-0.4, -0.2) is 45.8 Å². The molecular formula is C17H20N4O5. The van der Waals surface area contributed by atoms with Crippen molar-refractivity contribution >= 4 is 5.91 Å². The molecule has 1 saturated heterocycles. The van der Waals surface area contributed by atoms with Gasteiger partial charge in [-0.05, 0) is 6.07 Å². The molecule has 1 aliphatic rings. The largest absolute Gasteiger partial charge is 0.472 e. The number of carbonyl (C=O) groups is 1. The number of amides is 1. The zero-order chi connectivity index (χ0) is 18.5. The molecule has 0 unspecified atom stereocenters. The second-order valence-corrected chi connectivity index (χ2v) is 6.02. The number of H-pyrrole nitrogens is 1. The highest BCUT2D eigenvalue weighted by molar-refractivity contribution is 5.78. The van der Waals surface area contributed by atoms with Crippen molar-refractivity contribution in [2.24, 2.45) is 7.05 Å². The van der Waals surface area contributed by atoms with E-state index in [1.54, 1.807) is 18.3 Å². The van der Waals surface area contributed by atoms with Crippen molar-refractivity contribution in [2.75, 3.05) is 13.2 Å². The van der Waals surface area contributed by atoms with Crippen molar-refractivity contribution in [1.29, 1.82) is 0 Å². The molecule has 2 aromatic heterocycles. The first-order valence-corrected chi connectivity index (χ1v) is 8.27. The Labute approximate surface area is 149 Å². The standard InChI is InChI=1S/C17H20N4O5/c1-21-16(23)11(9-19-17(21)24)8-14(22)20-12-10-25-7-5-13(12)26-15-4-2-3-6-18-15/h2-4,6,9,12-13H,5,7-8,10H2,1H3,(H,19,24)(H,20,22)/t12-,13-/m1/s1. The van der Waals surface area contributed by atoms with Gasteiger partial charge in [-0.3, -0.25) is 14.2 Å². The number of ether oxygens (including phenoxy) is 2. The summed E-state index contributed by atoms with van der Waals surface area (Å²) in [5, 5.41) is 2.84. The maximum Gasteiger partial charge on any atom is 0.328 e. The SMILES string of the molecule is Cn1c(=O)[nH]cc(CC(=O)N[C@@H]2COCC[C@H]2Oc2ccccn2)c1=O. The molecule has 2 N–H and O–H groups in total. The number of hydrogen-bond acceptors (Lipinski definition) is 6. The van der Waals surface area contributed by atoms with Crippen molar-refractivity contribution < 1.29 is 14.3 Å². The number of carbonyl (C=O) groups excluding carboxylic acids is 1. The van der Waals surface area contributed by atoms with E-state index in [2.05, 4.69) is 15.3 Å². The smallest absolute Gasteiger partial charge is 0.328 e. The van der Waals surface area contributed by atoms with Crippen LogP contribution in [0.5, 0.6) is 5.88 Å². The van der Waals surface area contributed by atoms with Crippen molar-refractivity contribution in [2.45, 2.75) is 25.0 Å². The van der Waals surface area contributed by atoms with Gasteiger partial charge in [0.05, 0.1) is 25.7 Å². The lowest BCUT2D eigenvalue weighted by Crippen LogP contribution is -2.52. The van der Waals surface area contributed by atoms with Crippen LogP contribution in [0.4, 0.5) is 0 Å². The van der Waals surface area contributed by atoms with E-state index in [1.165, 1.54) is 13.2 Å². The van der Waals surface area contributed by atoms with E-state index in [9.17, 15) is 14.4 Å². The summed E-state index contributed by atoms with van der Waals surface area (Å²) >= 11 is 0. The van der Waals surface area contributed by atoms with Crippen LogP contribution in [0, 0.1) is 0 Å². The Morgan fingerprint density at radius 3 is 3.08 bits per heavy atom. The molecule has 1 amide bonds. The van der Waals surface area contributed by atoms with Crippen LogP contribution in [0.1, 0.15) is 12.0 Å². The molecule has 9 nitrogen and oxygen atoms in total. The number of nitrogens with one attached hydrogen (secondary N) is 2. The second kappa shape index (κ2) is 7.96. The van der Waals surface area contributed by atoms with Crippen LogP contribution < -0.4 is 21.3 Å². The van der Waals surface area contributed by atoms with Crippen LogP contribution in [0.25, 0.3) is 0 Å². The number of rotatable bonds is 5. The summed E-state index contributed by atoms with van der Waals surface area (Å²) in [6, 6.07) is 5.00. The maximum absolute atomic E-state index is 12.3. The third kappa shape index (κ3) is 4.17. The normalized spacial score (nSPS) is 19.7. The Hall–Kier alpha value is -2.94. The van der Waals surface area contributed by atoms with Gasteiger partial charge in [0, 0.05) is 37.5 Å². The van der Waals surface area contributed by atoms with Crippen LogP contribution >= 0.6 is 0 Å². The molecule has 3 rings (SSSR count). The summed E-state index contributed by atoms with van der Waals surface area (Å²) in [7, 11) is 1.36. The summed E-state index contributed by atoms with van der Waals surface area (Å²) in [4.78, 5) is 42.3. The average molecular weight is 360 g/mol. The third-order valence-electron chi connectivity index (χ3n) is 4.15. The predicted octanol–water partition coefficient (Wildman–Crippen LogP) is -0.636. The highest BCUT2D eigenvalue weighted by Gasteiger charge is 2.29. The van der Waals surface area contributed by atoms with Crippen LogP contribution in [-0.2, 0) is 23.0 Å². The van der Waals surface area contributed by atoms with Gasteiger partial charge in [-0.15, -0.1) is 0 Å². The summed E-state index contributed by atoms with van der Waals surface area (Å²) in [6.07, 6.45) is 3.09. The van der Waals surface area contributed by atoms with E-state index in [0.29, 0.717) is 25.5 Å². The average Bonchev–Trinajstić information content (AvgIpc) is 2.65. The topological polar surface area (TPSA) is 115 Å². The molecule has 0 aliphatic carbocycles. The molecule has 138 valence electrons. The van der Waals surface area contributed by atoms with Gasteiger partial charge in [-0.2, -0.15) is 0 Å². The minimum absolute atomic E-state index is 0.143. The minimum Gasteiger partial charge on any atom is -0.472 e. The van der Waals surface area contributed by atoms with Gasteiger partial charge in [0.1, 0.15) is 6.10 Å². The number of nitrogens with zero attached hydrogens (tertiary/aromatic N) is 2. The Morgan fingerprint density at radius 2 is 2.31 bits per heavy atom. The molecular weight excluding hydrogens is 340 g/mol. The van der Waals surface area contributed by atoms with Crippen LogP contribution in [0.3, 0.4) is 0 Å². The first kappa shape index (κ1) is 17.9. The van der Waals surface area contributed by atoms with Crippen molar-refractivity contribution in [3.8, 4) is 5.88 Å². The summed E-state index contributed by atoms with van der Waals surface area (Å²) in [5.74, 6) is 0.132. The molecule has 0 aromatic carbocycles. The minimum atomic E-state index is -0.524. The molecule has 0 saturated carbocycles. The molecule has 2 aromatic rings. The molecule has 0 spiro atoms. The molecule has 0 radical (unpaired) electrons. The Bertz CT molecular complexity index is 877. The van der Waals surface area contributed by atoms with Crippen LogP contribution in [0.15, 0.2) is 40.2 Å². The Balaban J connectivity index is 1.66. The fraction of sp³-hybridized carbons (Fsp3) is 0.412. The fourth-order valence-electron chi connectivity index (χ4n) is 2.74. The first-order chi connectivity index (χ1) is 12.5. The molecule has 26 heavy (non-hydrogen) atoms. The molecule has 1 aliphatic heterocycles. The zero-order valence-corrected chi connectivity index (χ0v) is 14.3. The van der Waals surface area contributed by atoms with E-state index in [1.807, 2.05) is 6.07 Å². The van der Waals surface area contributed by atoms with E-state index >= 15 is 0 Å². The zero-order valence-electron chi connectivity index (χ0n) is 14.3. The molecule has 3 heterocycles. The van der Waals surface area contributed by atoms with E-state index in [4.69, 9.17) is 9.47 Å². The monoisotopic (exact) mass is 360 g/mol. The summed E-state index contributed by atoms with van der Waals surface area (Å²) < 4.78 is 12.2. The Kier molecular flexibility index (Phi) is 5.47. The van der Waals surface area contributed by atoms with E-state index < -0.39 is 11.2 Å². The van der Waals surface area contributed by atoms with Gasteiger partial charge in [-0.1, -0.05) is 6.07 Å². The number of aromatic amines is 1. The maximum atomic E-state index is 12.3. The van der Waals surface area contributed by atoms with E-state index in [0.717, 1.165) is 4.57 Å². The lowest BCUT2D eigenvalue weighted by molar-refractivity contribution is -0.123. The van der Waals surface area contributed by atoms with Crippen LogP contribution in [0.2, 0.25) is 0 Å². The highest BCUT2D eigenvalue weighted by Crippen LogP contribution is 2.16. The molecule has 2 atom stereocenters. The molecule has 9 heteroatoms. The van der Waals surface area contributed by atoms with Gasteiger partial charge in [0.2, 0.25) is 11.8 Å². The van der Waals surface area contributed by atoms with Gasteiger partial charge >= 0.3 is 5.69 Å². The number of pyridine rings is 1. The van der Waals surface area contributed by atoms with Crippen molar-refractivity contribution in [3.05, 3.63) is 57.0 Å². The number of hydrogen-bond donors (Lipinski definition) is 2. The van der Waals surface area contributed by atoms with Gasteiger partial charge in [0.15, 0.2) is 0 Å². The number of aromatic nitrogens is 3. The van der Waals surface area contributed by atoms with Crippen molar-refractivity contribution in [1.82, 2.24) is 19.9 Å². The summed E-state index contributed by atoms with van der Waals surface area (Å²) in [6.45, 7) is 0.844. The fourth-order valence-corrected chi connectivity index (χ4v) is 2.74. The molecule has 0 bridgehead atoms. The molecule has 1 fully saturated rings. The van der Waals surface area contributed by atoms with E-state index in [-0.39, 0.29) is 30.0 Å². The van der Waals surface area contributed by atoms with Gasteiger partial charge in [0.25, 0.3) is 5.56 Å². The lowest BCUT2D eigenvalue weighted by atomic mass is 10.1. The predicted molar refractivity (Wildman–Crippen MR) is 92.0 cm³/mol. The van der Waals surface area contributed by atoms with Crippen molar-refractivity contribution in [3.63, 3.8) is 0 Å². The second-order valence-electron chi connectivity index (χ2n) is 6.02. The van der Waals surface area contributed by atoms with Gasteiger partial charge in [-0.25, -0.2) is 9.78 Å². The first-order valence-electron chi connectivity index (χ1n) is 8.27.